The van der Waals surface area contributed by atoms with E-state index in [1.54, 1.807) is 39.5 Å². The van der Waals surface area contributed by atoms with Crippen molar-refractivity contribution in [2.24, 2.45) is 5.92 Å². The van der Waals surface area contributed by atoms with Crippen LogP contribution in [0.1, 0.15) is 33.1 Å². The van der Waals surface area contributed by atoms with Gasteiger partial charge in [0.2, 0.25) is 0 Å². The summed E-state index contributed by atoms with van der Waals surface area (Å²) in [6.07, 6.45) is 6.23. The van der Waals surface area contributed by atoms with Crippen LogP contribution in [0.15, 0.2) is 200 Å². The van der Waals surface area contributed by atoms with E-state index in [4.69, 9.17) is 23.4 Å². The van der Waals surface area contributed by atoms with Crippen molar-refractivity contribution in [3.63, 3.8) is 0 Å². The van der Waals surface area contributed by atoms with Gasteiger partial charge < -0.3 is 13.9 Å². The summed E-state index contributed by atoms with van der Waals surface area (Å²) in [6, 6.07) is 43.7. The third-order valence-electron chi connectivity index (χ3n) is 11.0. The quantitative estimate of drug-likeness (QED) is 0.101. The Morgan fingerprint density at radius 1 is 0.625 bits per heavy atom. The van der Waals surface area contributed by atoms with Crippen LogP contribution >= 0.6 is 0 Å². The fraction of sp³-hybridized carbons (Fsp3) is 0.0690. The maximum absolute atomic E-state index is 9.02. The van der Waals surface area contributed by atoms with Crippen molar-refractivity contribution in [2.75, 3.05) is 0 Å². The predicted molar refractivity (Wildman–Crippen MR) is 255 cm³/mol. The van der Waals surface area contributed by atoms with Crippen LogP contribution in [0.2, 0.25) is 0 Å². The van der Waals surface area contributed by atoms with Crippen molar-refractivity contribution in [1.29, 1.82) is 0 Å². The van der Waals surface area contributed by atoms with Crippen LogP contribution in [-0.4, -0.2) is 14.1 Å². The van der Waals surface area contributed by atoms with Gasteiger partial charge in [0.25, 0.3) is 6.33 Å². The molecule has 3 aromatic heterocycles. The van der Waals surface area contributed by atoms with E-state index in [1.165, 1.54) is 5.56 Å². The van der Waals surface area contributed by atoms with Crippen molar-refractivity contribution in [2.45, 2.75) is 20.3 Å². The van der Waals surface area contributed by atoms with Crippen molar-refractivity contribution in [3.05, 3.63) is 224 Å². The molecule has 0 radical (unpaired) electrons. The van der Waals surface area contributed by atoms with Gasteiger partial charge in [-0.3, -0.25) is 4.57 Å². The minimum absolute atomic E-state index is 0. The second-order valence-corrected chi connectivity index (χ2v) is 15.6. The van der Waals surface area contributed by atoms with Gasteiger partial charge in [-0.1, -0.05) is 171 Å². The molecule has 0 aliphatic heterocycles. The maximum atomic E-state index is 9.02. The van der Waals surface area contributed by atoms with Gasteiger partial charge in [0.05, 0.1) is 30.4 Å². The third-order valence-corrected chi connectivity index (χ3v) is 11.0. The number of hydrogen-bond donors (Lipinski definition) is 0. The molecule has 11 aromatic rings. The van der Waals surface area contributed by atoms with Crippen LogP contribution in [0, 0.1) is 24.4 Å². The van der Waals surface area contributed by atoms with Gasteiger partial charge >= 0.3 is 0 Å². The molecular weight excluding hydrogens is 964 g/mol. The van der Waals surface area contributed by atoms with Crippen molar-refractivity contribution in [1.82, 2.24) is 14.1 Å². The van der Waals surface area contributed by atoms with E-state index in [-0.39, 0.29) is 49.0 Å². The molecule has 0 saturated carbocycles. The van der Waals surface area contributed by atoms with E-state index in [2.05, 4.69) is 67.2 Å². The van der Waals surface area contributed by atoms with Crippen LogP contribution in [0.4, 0.5) is 0 Å². The number of para-hydroxylation sites is 4. The fourth-order valence-electron chi connectivity index (χ4n) is 8.37. The summed E-state index contributed by atoms with van der Waals surface area (Å²) in [4.78, 5) is 5.06. The summed E-state index contributed by atoms with van der Waals surface area (Å²) < 4.78 is 99.1. The van der Waals surface area contributed by atoms with Crippen LogP contribution in [0.3, 0.4) is 0 Å². The molecule has 312 valence electrons. The number of hydrogen-bond acceptors (Lipinski definition) is 2. The van der Waals surface area contributed by atoms with Crippen LogP contribution in [0.5, 0.6) is 11.5 Å². The molecule has 3 heterocycles. The Balaban J connectivity index is 0.00000626. The molecule has 5 nitrogen and oxygen atoms in total. The first-order valence-electron chi connectivity index (χ1n) is 25.6. The minimum atomic E-state index is -0.572. The molecule has 64 heavy (non-hydrogen) atoms. The van der Waals surface area contributed by atoms with Gasteiger partial charge in [0, 0.05) is 49.8 Å². The smallest absolute Gasteiger partial charge is 0.268 e. The number of nitrogens with zero attached hydrogens (tertiary/aromatic N) is 4. The average Bonchev–Trinajstić information content (AvgIpc) is 3.95. The second kappa shape index (κ2) is 17.4. The van der Waals surface area contributed by atoms with Gasteiger partial charge in [-0.25, -0.2) is 4.98 Å². The molecule has 0 aliphatic rings. The molecule has 0 unspecified atom stereocenters. The number of ether oxygens (including phenoxy) is 1. The molecule has 11 rings (SSSR count). The fourth-order valence-corrected chi connectivity index (χ4v) is 8.37. The maximum Gasteiger partial charge on any atom is 0.268 e. The summed E-state index contributed by atoms with van der Waals surface area (Å²) in [5.74, 6) is 1.95. The number of rotatable bonds is 10. The number of imidazole rings is 1. The zero-order valence-electron chi connectivity index (χ0n) is 44.6. The van der Waals surface area contributed by atoms with E-state index in [0.29, 0.717) is 34.1 Å². The SMILES string of the molecule is [2H]c1c([2H])c([2H])c(-c2cccc(-c3c([2H])c([2H])c([2H])c([2H])c3[2H])c2-[n+]2[c-]n(-c3[c-]c(Oc4[c-]c5c(cc4)c4ccccc4n5-c4cc(CC(C)C)c(-c5ccccc5)cn4)ccc3)c3ccccc32)c([2H])c1[2H].[Pt]. The zero-order chi connectivity index (χ0) is 51.0. The summed E-state index contributed by atoms with van der Waals surface area (Å²) >= 11 is 0. The van der Waals surface area contributed by atoms with Gasteiger partial charge in [-0.15, -0.1) is 29.7 Å². The second-order valence-electron chi connectivity index (χ2n) is 15.6. The van der Waals surface area contributed by atoms with Crippen molar-refractivity contribution < 1.29 is 44.1 Å². The van der Waals surface area contributed by atoms with E-state index in [0.717, 1.165) is 45.2 Å². The molecule has 0 atom stereocenters. The van der Waals surface area contributed by atoms with Crippen molar-refractivity contribution in [3.8, 4) is 62.1 Å². The Morgan fingerprint density at radius 3 is 2.02 bits per heavy atom. The molecule has 8 aromatic carbocycles. The summed E-state index contributed by atoms with van der Waals surface area (Å²) in [5, 5.41) is 2.02. The largest absolute Gasteiger partial charge is 0.510 e. The van der Waals surface area contributed by atoms with Gasteiger partial charge in [0.1, 0.15) is 5.82 Å². The molecule has 0 amide bonds. The molecule has 0 aliphatic carbocycles. The normalized spacial score (nSPS) is 13.5. The third kappa shape index (κ3) is 7.52. The first-order valence-corrected chi connectivity index (χ1v) is 20.6. The predicted octanol–water partition coefficient (Wildman–Crippen LogP) is 13.8. The van der Waals surface area contributed by atoms with E-state index >= 15 is 0 Å². The van der Waals surface area contributed by atoms with Crippen LogP contribution in [0.25, 0.3) is 83.4 Å². The van der Waals surface area contributed by atoms with E-state index in [1.807, 2.05) is 79.0 Å². The van der Waals surface area contributed by atoms with Crippen LogP contribution < -0.4 is 9.30 Å². The Kier molecular flexibility index (Phi) is 8.36. The Morgan fingerprint density at radius 2 is 1.28 bits per heavy atom. The Hall–Kier alpha value is -7.33. The summed E-state index contributed by atoms with van der Waals surface area (Å²) in [6.45, 7) is 4.43. The summed E-state index contributed by atoms with van der Waals surface area (Å²) in [5.41, 5.74) is 6.96. The Labute approximate surface area is 401 Å². The Bertz CT molecular complexity index is 3900. The standard InChI is InChI=1S/C58H42N4O.Pt/c1-40(2)34-44-35-57(59-38-52(44)43-22-10-5-11-23-43)62-53-29-13-12-26-50(53)51-33-32-47(37-56(51)62)63-46-25-16-24-45(36-46)60-39-61(55-31-15-14-30-54(55)60)58-48(41-18-6-3-7-19-41)27-17-28-49(58)42-20-8-4-9-21-42;/h3-33,35,38,40H,34H2,1-2H3;/q-2;/i3D,4D,6D,7D,8D,9D,18D,19D,20D,21D;. The van der Waals surface area contributed by atoms with Crippen LogP contribution in [-0.2, 0) is 27.5 Å². The average molecular weight is 1020 g/mol. The number of fused-ring (bicyclic) bond motifs is 4. The zero-order valence-corrected chi connectivity index (χ0v) is 36.8. The molecular formula is C58H42N4OPt-2. The monoisotopic (exact) mass is 1020 g/mol. The number of pyridine rings is 1. The first-order chi connectivity index (χ1) is 35.2. The summed E-state index contributed by atoms with van der Waals surface area (Å²) in [7, 11) is 0. The molecule has 0 saturated heterocycles. The van der Waals surface area contributed by atoms with Gasteiger partial charge in [0.15, 0.2) is 0 Å². The molecule has 6 heteroatoms. The first kappa shape index (κ1) is 30.7. The van der Waals surface area contributed by atoms with Gasteiger partial charge in [-0.05, 0) is 68.9 Å². The number of aromatic nitrogens is 4. The molecule has 0 bridgehead atoms. The topological polar surface area (TPSA) is 35.9 Å². The van der Waals surface area contributed by atoms with E-state index in [9.17, 15) is 0 Å². The van der Waals surface area contributed by atoms with E-state index < -0.39 is 60.4 Å². The minimum Gasteiger partial charge on any atom is -0.510 e. The molecule has 0 N–H and O–H groups in total. The molecule has 0 fully saturated rings. The van der Waals surface area contributed by atoms with Crippen molar-refractivity contribution >= 4 is 32.8 Å². The number of benzene rings is 8. The van der Waals surface area contributed by atoms with Gasteiger partial charge in [-0.2, -0.15) is 18.2 Å². The molecule has 0 spiro atoms.